The van der Waals surface area contributed by atoms with Crippen LogP contribution < -0.4 is 0 Å². The second kappa shape index (κ2) is 5.10. The average molecular weight is 195 g/mol. The predicted molar refractivity (Wildman–Crippen MR) is 58.1 cm³/mol. The van der Waals surface area contributed by atoms with Crippen LogP contribution in [0, 0.1) is 0 Å². The van der Waals surface area contributed by atoms with Gasteiger partial charge >= 0.3 is 23.1 Å². The molecule has 0 unspecified atom stereocenters. The van der Waals surface area contributed by atoms with Crippen LogP contribution >= 0.6 is 11.6 Å². The molecule has 1 aromatic carbocycles. The maximum absolute atomic E-state index is 6.07. The van der Waals surface area contributed by atoms with Gasteiger partial charge in [-0.05, 0) is 25.8 Å². The molecular weight excluding hydrogens is 180 g/mol. The van der Waals surface area contributed by atoms with Gasteiger partial charge in [0.25, 0.3) is 0 Å². The maximum Gasteiger partial charge on any atom is 2.00 e. The van der Waals surface area contributed by atoms with Crippen LogP contribution in [0.4, 0.5) is 0 Å². The monoisotopic (exact) mass is 194 g/mol. The summed E-state index contributed by atoms with van der Waals surface area (Å²) in [7, 11) is 0. The SMILES string of the molecule is CC(C)(Cl)Cc1ccccc1.[H-].[H-].[Mg+2]. The second-order valence-corrected chi connectivity index (χ2v) is 4.40. The van der Waals surface area contributed by atoms with Crippen LogP contribution in [-0.2, 0) is 6.42 Å². The quantitative estimate of drug-likeness (QED) is 0.502. The van der Waals surface area contributed by atoms with E-state index < -0.39 is 0 Å². The molecule has 0 aliphatic rings. The van der Waals surface area contributed by atoms with Crippen molar-refractivity contribution in [3.05, 3.63) is 35.9 Å². The molecule has 1 aromatic rings. The number of hydrogen-bond donors (Lipinski definition) is 0. The molecule has 0 saturated carbocycles. The van der Waals surface area contributed by atoms with Gasteiger partial charge in [-0.3, -0.25) is 0 Å². The first-order chi connectivity index (χ1) is 5.08. The van der Waals surface area contributed by atoms with Crippen LogP contribution in [0.15, 0.2) is 30.3 Å². The van der Waals surface area contributed by atoms with Crippen LogP contribution in [0.2, 0.25) is 0 Å². The normalized spacial score (nSPS) is 10.6. The van der Waals surface area contributed by atoms with E-state index >= 15 is 0 Å². The number of benzene rings is 1. The summed E-state index contributed by atoms with van der Waals surface area (Å²) < 4.78 is 0. The molecule has 12 heavy (non-hydrogen) atoms. The van der Waals surface area contributed by atoms with E-state index in [9.17, 15) is 0 Å². The molecule has 0 heterocycles. The standard InChI is InChI=1S/C10H13Cl.Mg.2H/c1-10(2,11)8-9-6-4-3-5-7-9;;;/h3-7H,8H2,1-2H3;;;/q;+2;2*-1. The summed E-state index contributed by atoms with van der Waals surface area (Å²) in [4.78, 5) is -0.124. The first-order valence-corrected chi connectivity index (χ1v) is 4.18. The minimum atomic E-state index is -0.124. The Morgan fingerprint density at radius 1 is 1.25 bits per heavy atom. The van der Waals surface area contributed by atoms with Crippen molar-refractivity contribution in [1.29, 1.82) is 0 Å². The van der Waals surface area contributed by atoms with E-state index in [1.165, 1.54) is 5.56 Å². The van der Waals surface area contributed by atoms with Gasteiger partial charge < -0.3 is 2.85 Å². The van der Waals surface area contributed by atoms with E-state index in [1.807, 2.05) is 32.0 Å². The van der Waals surface area contributed by atoms with Crippen molar-refractivity contribution in [2.75, 3.05) is 0 Å². The third-order valence-electron chi connectivity index (χ3n) is 1.47. The zero-order chi connectivity index (χ0) is 8.32. The topological polar surface area (TPSA) is 0 Å². The summed E-state index contributed by atoms with van der Waals surface area (Å²) in [5, 5.41) is 0. The van der Waals surface area contributed by atoms with E-state index in [0.717, 1.165) is 6.42 Å². The molecule has 0 atom stereocenters. The summed E-state index contributed by atoms with van der Waals surface area (Å²) in [5.74, 6) is 0. The minimum Gasteiger partial charge on any atom is -1.00 e. The van der Waals surface area contributed by atoms with Gasteiger partial charge in [-0.1, -0.05) is 30.3 Å². The molecule has 0 N–H and O–H groups in total. The fraction of sp³-hybridized carbons (Fsp3) is 0.400. The molecule has 0 amide bonds. The largest absolute Gasteiger partial charge is 2.00 e. The molecule has 0 bridgehead atoms. The summed E-state index contributed by atoms with van der Waals surface area (Å²) in [5.41, 5.74) is 1.30. The number of halogens is 1. The average Bonchev–Trinajstić information content (AvgIpc) is 1.85. The Kier molecular flexibility index (Phi) is 5.22. The first-order valence-electron chi connectivity index (χ1n) is 3.81. The van der Waals surface area contributed by atoms with E-state index in [2.05, 4.69) is 12.1 Å². The zero-order valence-electron chi connectivity index (χ0n) is 9.68. The zero-order valence-corrected chi connectivity index (χ0v) is 9.85. The van der Waals surface area contributed by atoms with Gasteiger partial charge in [0.05, 0.1) is 0 Å². The Morgan fingerprint density at radius 2 is 1.75 bits per heavy atom. The van der Waals surface area contributed by atoms with Gasteiger partial charge in [-0.2, -0.15) is 0 Å². The van der Waals surface area contributed by atoms with Crippen LogP contribution in [0.5, 0.6) is 0 Å². The molecule has 0 spiro atoms. The van der Waals surface area contributed by atoms with E-state index in [-0.39, 0.29) is 30.8 Å². The second-order valence-electron chi connectivity index (χ2n) is 3.38. The van der Waals surface area contributed by atoms with Crippen molar-refractivity contribution in [3.8, 4) is 0 Å². The predicted octanol–water partition coefficient (Wildman–Crippen LogP) is 3.09. The van der Waals surface area contributed by atoms with E-state index in [4.69, 9.17) is 11.6 Å². The molecule has 1 rings (SSSR count). The first kappa shape index (κ1) is 12.3. The number of alkyl halides is 1. The van der Waals surface area contributed by atoms with Gasteiger partial charge in [0.1, 0.15) is 0 Å². The number of rotatable bonds is 2. The van der Waals surface area contributed by atoms with Crippen LogP contribution in [0.3, 0.4) is 0 Å². The van der Waals surface area contributed by atoms with Crippen molar-refractivity contribution in [2.45, 2.75) is 25.1 Å². The molecular formula is C10H15ClMg. The molecule has 0 nitrogen and oxygen atoms in total. The van der Waals surface area contributed by atoms with Crippen LogP contribution in [-0.4, -0.2) is 27.9 Å². The smallest absolute Gasteiger partial charge is 1.00 e. The Balaban J connectivity index is -0.000000403. The summed E-state index contributed by atoms with van der Waals surface area (Å²) in [6, 6.07) is 10.3. The molecule has 0 radical (unpaired) electrons. The molecule has 0 aromatic heterocycles. The van der Waals surface area contributed by atoms with Crippen molar-refractivity contribution in [3.63, 3.8) is 0 Å². The summed E-state index contributed by atoms with van der Waals surface area (Å²) in [6.07, 6.45) is 0.926. The Morgan fingerprint density at radius 3 is 2.17 bits per heavy atom. The maximum atomic E-state index is 6.07. The van der Waals surface area contributed by atoms with Crippen molar-refractivity contribution in [2.24, 2.45) is 0 Å². The molecule has 2 heteroatoms. The fourth-order valence-corrected chi connectivity index (χ4v) is 1.24. The van der Waals surface area contributed by atoms with Gasteiger partial charge in [0.2, 0.25) is 0 Å². The summed E-state index contributed by atoms with van der Waals surface area (Å²) >= 11 is 6.07. The third kappa shape index (κ3) is 5.02. The fourth-order valence-electron chi connectivity index (χ4n) is 1.08. The van der Waals surface area contributed by atoms with E-state index in [0.29, 0.717) is 0 Å². The minimum absolute atomic E-state index is 0. The molecule has 64 valence electrons. The Bertz CT molecular complexity index is 221. The Hall–Kier alpha value is 0.276. The van der Waals surface area contributed by atoms with Crippen molar-refractivity contribution < 1.29 is 2.85 Å². The van der Waals surface area contributed by atoms with E-state index in [1.54, 1.807) is 0 Å². The van der Waals surface area contributed by atoms with Gasteiger partial charge in [0, 0.05) is 4.87 Å². The summed E-state index contributed by atoms with van der Waals surface area (Å²) in [6.45, 7) is 4.06. The van der Waals surface area contributed by atoms with Gasteiger partial charge in [-0.15, -0.1) is 11.6 Å². The number of hydrogen-bond acceptors (Lipinski definition) is 0. The molecule has 0 saturated heterocycles. The van der Waals surface area contributed by atoms with Crippen LogP contribution in [0.1, 0.15) is 22.3 Å². The molecule has 0 fully saturated rings. The van der Waals surface area contributed by atoms with Crippen LogP contribution in [0.25, 0.3) is 0 Å². The van der Waals surface area contributed by atoms with Crippen molar-refractivity contribution >= 4 is 34.7 Å². The Labute approximate surface area is 98.4 Å². The van der Waals surface area contributed by atoms with Crippen molar-refractivity contribution in [1.82, 2.24) is 0 Å². The molecule has 0 aliphatic heterocycles. The third-order valence-corrected chi connectivity index (χ3v) is 1.60. The van der Waals surface area contributed by atoms with Gasteiger partial charge in [0.15, 0.2) is 0 Å². The molecule has 0 aliphatic carbocycles. The van der Waals surface area contributed by atoms with Gasteiger partial charge in [-0.25, -0.2) is 0 Å².